The fraction of sp³-hybridized carbons (Fsp3) is 0.276. The van der Waals surface area contributed by atoms with E-state index in [-0.39, 0.29) is 12.4 Å². The van der Waals surface area contributed by atoms with E-state index in [0.29, 0.717) is 10.9 Å². The van der Waals surface area contributed by atoms with Crippen LogP contribution in [0.15, 0.2) is 99.8 Å². The molecule has 6 atom stereocenters. The van der Waals surface area contributed by atoms with Crippen LogP contribution in [0.25, 0.3) is 21.2 Å². The summed E-state index contributed by atoms with van der Waals surface area (Å²) in [6, 6.07) is 20.6. The molecule has 3 aromatic carbocycles. The topological polar surface area (TPSA) is 227 Å². The third-order valence-corrected chi connectivity index (χ3v) is 8.69. The van der Waals surface area contributed by atoms with Gasteiger partial charge in [0.2, 0.25) is 5.72 Å². The lowest BCUT2D eigenvalue weighted by Gasteiger charge is -2.29. The summed E-state index contributed by atoms with van der Waals surface area (Å²) in [7, 11) is -4.65. The van der Waals surface area contributed by atoms with Crippen LogP contribution in [0.4, 0.5) is 0 Å². The number of aliphatic hydroxyl groups is 2. The number of carbonyl (C=O) groups is 1. The Morgan fingerprint density at radius 3 is 2.59 bits per heavy atom. The summed E-state index contributed by atoms with van der Waals surface area (Å²) in [5.74, 6) is -0.703. The van der Waals surface area contributed by atoms with Crippen molar-refractivity contribution in [2.24, 2.45) is 5.11 Å². The summed E-state index contributed by atoms with van der Waals surface area (Å²) < 4.78 is 37.7. The highest BCUT2D eigenvalue weighted by atomic mass is 31.2. The molecule has 0 bridgehead atoms. The Balaban J connectivity index is 1.43. The van der Waals surface area contributed by atoms with Crippen molar-refractivity contribution in [1.82, 2.24) is 14.6 Å². The fourth-order valence-corrected chi connectivity index (χ4v) is 6.28. The third kappa shape index (κ3) is 7.03. The summed E-state index contributed by atoms with van der Waals surface area (Å²) in [5.41, 5.74) is 5.88. The van der Waals surface area contributed by atoms with Gasteiger partial charge in [-0.1, -0.05) is 71.8 Å². The number of ether oxygens (including phenoxy) is 2. The second-order valence-corrected chi connectivity index (χ2v) is 12.0. The molecule has 5 rings (SSSR count). The van der Waals surface area contributed by atoms with E-state index in [1.807, 2.05) is 11.1 Å². The normalized spacial score (nSPS) is 22.8. The van der Waals surface area contributed by atoms with Gasteiger partial charge in [0.1, 0.15) is 30.6 Å². The number of benzene rings is 3. The quantitative estimate of drug-likeness (QED) is 0.0572. The number of aromatic nitrogens is 2. The SMILES string of the molecule is C[C@H](N[P@](=O)(OC[C@@]1(N=[N+]=[N-])O[C@@H](n2ccc(=O)[nH]c2=O)[C@H](O)[C@@H]1O)Oc1cccc2ccccc12)C(=O)OCc1ccccc1. The minimum absolute atomic E-state index is 0.0650. The van der Waals surface area contributed by atoms with E-state index in [4.69, 9.17) is 18.5 Å². The maximum atomic E-state index is 14.4. The summed E-state index contributed by atoms with van der Waals surface area (Å²) in [6.45, 7) is 0.303. The van der Waals surface area contributed by atoms with Crippen molar-refractivity contribution >= 4 is 24.5 Å². The molecule has 0 aliphatic carbocycles. The maximum Gasteiger partial charge on any atom is 0.459 e. The Morgan fingerprint density at radius 2 is 1.85 bits per heavy atom. The Hall–Kier alpha value is -4.79. The molecule has 4 N–H and O–H groups in total. The molecular formula is C29H29N6O10P. The van der Waals surface area contributed by atoms with Gasteiger partial charge < -0.3 is 24.2 Å². The van der Waals surface area contributed by atoms with Gasteiger partial charge in [0, 0.05) is 22.6 Å². The number of H-pyrrole nitrogens is 1. The molecule has 0 unspecified atom stereocenters. The molecule has 1 aliphatic heterocycles. The standard InChI is InChI=1S/C29H29N6O10P/c1-18(27(39)42-16-19-8-3-2-4-9-19)32-46(41,45-22-13-7-11-20-10-5-6-12-21(20)22)43-17-29(33-34-30)25(38)24(37)26(44-29)35-15-14-23(36)31-28(35)40/h2-15,18,24-26,37-38H,16-17H2,1H3,(H,32,41)(H,31,36,40)/t18-,24+,25-,26+,29+,46-/m0/s1. The van der Waals surface area contributed by atoms with Gasteiger partial charge in [-0.15, -0.1) is 0 Å². The molecule has 0 spiro atoms. The molecule has 1 saturated heterocycles. The zero-order valence-corrected chi connectivity index (χ0v) is 25.1. The summed E-state index contributed by atoms with van der Waals surface area (Å²) in [6.07, 6.45) is -4.55. The van der Waals surface area contributed by atoms with Gasteiger partial charge in [0.05, 0.1) is 6.61 Å². The highest BCUT2D eigenvalue weighted by Gasteiger charge is 2.56. The van der Waals surface area contributed by atoms with Crippen molar-refractivity contribution < 1.29 is 38.1 Å². The molecule has 1 fully saturated rings. The van der Waals surface area contributed by atoms with Crippen LogP contribution in [-0.2, 0) is 30.0 Å². The molecule has 1 aromatic heterocycles. The van der Waals surface area contributed by atoms with E-state index in [0.717, 1.165) is 22.2 Å². The molecule has 46 heavy (non-hydrogen) atoms. The van der Waals surface area contributed by atoms with Gasteiger partial charge in [-0.05, 0) is 29.5 Å². The van der Waals surface area contributed by atoms with Crippen molar-refractivity contribution in [3.63, 3.8) is 0 Å². The monoisotopic (exact) mass is 652 g/mol. The number of fused-ring (bicyclic) bond motifs is 1. The highest BCUT2D eigenvalue weighted by Crippen LogP contribution is 2.49. The van der Waals surface area contributed by atoms with Gasteiger partial charge in [0.25, 0.3) is 5.56 Å². The number of aliphatic hydroxyl groups excluding tert-OH is 2. The van der Waals surface area contributed by atoms with Crippen molar-refractivity contribution in [1.29, 1.82) is 0 Å². The molecule has 240 valence electrons. The number of hydrogen-bond acceptors (Lipinski definition) is 11. The van der Waals surface area contributed by atoms with Crippen molar-refractivity contribution in [3.8, 4) is 5.75 Å². The minimum atomic E-state index is -4.65. The van der Waals surface area contributed by atoms with E-state index in [9.17, 15) is 34.7 Å². The Morgan fingerprint density at radius 1 is 1.13 bits per heavy atom. The summed E-state index contributed by atoms with van der Waals surface area (Å²) in [5, 5.41) is 29.0. The van der Waals surface area contributed by atoms with E-state index in [2.05, 4.69) is 15.1 Å². The van der Waals surface area contributed by atoms with Crippen LogP contribution in [0, 0.1) is 0 Å². The van der Waals surface area contributed by atoms with Crippen molar-refractivity contribution in [3.05, 3.63) is 122 Å². The first-order valence-corrected chi connectivity index (χ1v) is 15.4. The molecule has 4 aromatic rings. The zero-order chi connectivity index (χ0) is 32.9. The number of nitrogens with one attached hydrogen (secondary N) is 2. The van der Waals surface area contributed by atoms with Crippen LogP contribution >= 0.6 is 7.75 Å². The van der Waals surface area contributed by atoms with E-state index >= 15 is 0 Å². The van der Waals surface area contributed by atoms with Crippen molar-refractivity contribution in [2.75, 3.05) is 6.61 Å². The smallest absolute Gasteiger partial charge is 0.459 e. The van der Waals surface area contributed by atoms with Crippen molar-refractivity contribution in [2.45, 2.75) is 43.7 Å². The predicted molar refractivity (Wildman–Crippen MR) is 162 cm³/mol. The molecule has 0 radical (unpaired) electrons. The number of hydrogen-bond donors (Lipinski definition) is 4. The average Bonchev–Trinajstić information content (AvgIpc) is 3.29. The van der Waals surface area contributed by atoms with E-state index in [1.165, 1.54) is 13.0 Å². The van der Waals surface area contributed by atoms with Crippen LogP contribution in [0.1, 0.15) is 18.7 Å². The second kappa shape index (κ2) is 13.7. The first-order chi connectivity index (χ1) is 22.0. The Labute approximate surface area is 260 Å². The molecular weight excluding hydrogens is 623 g/mol. The van der Waals surface area contributed by atoms with Crippen LogP contribution in [0.3, 0.4) is 0 Å². The van der Waals surface area contributed by atoms with Crippen LogP contribution < -0.4 is 20.9 Å². The molecule has 16 nitrogen and oxygen atoms in total. The molecule has 0 amide bonds. The van der Waals surface area contributed by atoms with Gasteiger partial charge in [0.15, 0.2) is 6.23 Å². The molecule has 2 heterocycles. The number of carbonyl (C=O) groups excluding carboxylic acids is 1. The maximum absolute atomic E-state index is 14.4. The number of rotatable bonds is 12. The fourth-order valence-electron chi connectivity index (χ4n) is 4.74. The number of nitrogens with zero attached hydrogens (tertiary/aromatic N) is 4. The zero-order valence-electron chi connectivity index (χ0n) is 24.2. The summed E-state index contributed by atoms with van der Waals surface area (Å²) in [4.78, 5) is 41.5. The van der Waals surface area contributed by atoms with Crippen LogP contribution in [0.5, 0.6) is 5.75 Å². The summed E-state index contributed by atoms with van der Waals surface area (Å²) >= 11 is 0. The first kappa shape index (κ1) is 32.6. The average molecular weight is 653 g/mol. The molecule has 0 saturated carbocycles. The van der Waals surface area contributed by atoms with Gasteiger partial charge in [-0.2, -0.15) is 5.09 Å². The number of aromatic amines is 1. The lowest BCUT2D eigenvalue weighted by molar-refractivity contribution is -0.146. The van der Waals surface area contributed by atoms with E-state index < -0.39 is 61.8 Å². The minimum Gasteiger partial charge on any atom is -0.460 e. The van der Waals surface area contributed by atoms with Crippen LogP contribution in [0.2, 0.25) is 0 Å². The van der Waals surface area contributed by atoms with E-state index in [1.54, 1.807) is 60.7 Å². The Kier molecular flexibility index (Phi) is 9.70. The van der Waals surface area contributed by atoms with Gasteiger partial charge >= 0.3 is 19.4 Å². The largest absolute Gasteiger partial charge is 0.460 e. The lowest BCUT2D eigenvalue weighted by Crippen LogP contribution is -2.45. The van der Waals surface area contributed by atoms with Gasteiger partial charge in [-0.3, -0.25) is 23.7 Å². The highest BCUT2D eigenvalue weighted by molar-refractivity contribution is 7.52. The number of esters is 1. The molecule has 1 aliphatic rings. The molecule has 17 heteroatoms. The number of azide groups is 1. The lowest BCUT2D eigenvalue weighted by atomic mass is 10.1. The third-order valence-electron chi connectivity index (χ3n) is 7.08. The second-order valence-electron chi connectivity index (χ2n) is 10.3. The van der Waals surface area contributed by atoms with Crippen LogP contribution in [-0.4, -0.2) is 56.3 Å². The van der Waals surface area contributed by atoms with Gasteiger partial charge in [-0.25, -0.2) is 9.36 Å². The predicted octanol–water partition coefficient (Wildman–Crippen LogP) is 2.87. The first-order valence-electron chi connectivity index (χ1n) is 13.9. The Bertz CT molecular complexity index is 1930.